The van der Waals surface area contributed by atoms with E-state index >= 15 is 0 Å². The summed E-state index contributed by atoms with van der Waals surface area (Å²) in [6, 6.07) is 8.96. The van der Waals surface area contributed by atoms with Crippen LogP contribution in [0.25, 0.3) is 6.08 Å². The monoisotopic (exact) mass is 201 g/mol. The molecule has 0 saturated carbocycles. The van der Waals surface area contributed by atoms with Crippen LogP contribution in [0.4, 0.5) is 0 Å². The van der Waals surface area contributed by atoms with Gasteiger partial charge in [0, 0.05) is 10.7 Å². The summed E-state index contributed by atoms with van der Waals surface area (Å²) in [4.78, 5) is 0. The summed E-state index contributed by atoms with van der Waals surface area (Å²) in [6.45, 7) is 0. The van der Waals surface area contributed by atoms with Gasteiger partial charge in [-0.05, 0) is 11.6 Å². The van der Waals surface area contributed by atoms with E-state index in [4.69, 9.17) is 10.7 Å². The van der Waals surface area contributed by atoms with Crippen molar-refractivity contribution < 1.29 is 8.42 Å². The Kier molecular flexibility index (Phi) is 2.89. The SMILES string of the molecule is O=S(=O)(Cl)/[C]=C/c1ccccc1. The van der Waals surface area contributed by atoms with E-state index < -0.39 is 9.05 Å². The van der Waals surface area contributed by atoms with E-state index in [9.17, 15) is 8.42 Å². The molecule has 0 fully saturated rings. The minimum absolute atomic E-state index is 0.752. The molecule has 0 aliphatic rings. The van der Waals surface area contributed by atoms with Crippen LogP contribution in [0.2, 0.25) is 0 Å². The average Bonchev–Trinajstić information content (AvgIpc) is 2.02. The molecule has 63 valence electrons. The van der Waals surface area contributed by atoms with Crippen molar-refractivity contribution in [3.05, 3.63) is 41.3 Å². The predicted octanol–water partition coefficient (Wildman–Crippen LogP) is 2.03. The molecule has 0 amide bonds. The van der Waals surface area contributed by atoms with Crippen molar-refractivity contribution >= 4 is 25.8 Å². The fourth-order valence-electron chi connectivity index (χ4n) is 0.688. The zero-order chi connectivity index (χ0) is 9.03. The average molecular weight is 202 g/mol. The summed E-state index contributed by atoms with van der Waals surface area (Å²) >= 11 is 0. The first-order valence-corrected chi connectivity index (χ1v) is 5.49. The molecule has 0 saturated heterocycles. The van der Waals surface area contributed by atoms with E-state index in [2.05, 4.69) is 5.41 Å². The minimum atomic E-state index is -3.66. The Labute approximate surface area is 75.9 Å². The van der Waals surface area contributed by atoms with Crippen molar-refractivity contribution in [1.82, 2.24) is 0 Å². The van der Waals surface area contributed by atoms with Crippen molar-refractivity contribution in [1.29, 1.82) is 0 Å². The molecule has 0 spiro atoms. The topological polar surface area (TPSA) is 34.1 Å². The molecule has 1 rings (SSSR count). The van der Waals surface area contributed by atoms with Crippen LogP contribution in [-0.4, -0.2) is 8.42 Å². The quantitative estimate of drug-likeness (QED) is 0.687. The van der Waals surface area contributed by atoms with Gasteiger partial charge < -0.3 is 0 Å². The number of hydrogen-bond acceptors (Lipinski definition) is 2. The molecule has 12 heavy (non-hydrogen) atoms. The van der Waals surface area contributed by atoms with Gasteiger partial charge in [-0.25, -0.2) is 8.42 Å². The number of halogens is 1. The van der Waals surface area contributed by atoms with Crippen molar-refractivity contribution in [2.24, 2.45) is 0 Å². The van der Waals surface area contributed by atoms with Gasteiger partial charge in [-0.1, -0.05) is 30.3 Å². The van der Waals surface area contributed by atoms with Gasteiger partial charge in [-0.15, -0.1) is 0 Å². The van der Waals surface area contributed by atoms with Gasteiger partial charge in [0.15, 0.2) is 0 Å². The Bertz CT molecular complexity index is 367. The summed E-state index contributed by atoms with van der Waals surface area (Å²) in [5.41, 5.74) is 0.752. The molecule has 0 N–H and O–H groups in total. The maximum Gasteiger partial charge on any atom is 0.262 e. The third-order valence-corrected chi connectivity index (χ3v) is 1.83. The molecule has 0 bridgehead atoms. The van der Waals surface area contributed by atoms with E-state index in [-0.39, 0.29) is 0 Å². The Morgan fingerprint density at radius 1 is 1.25 bits per heavy atom. The molecule has 1 aromatic carbocycles. The zero-order valence-corrected chi connectivity index (χ0v) is 7.64. The van der Waals surface area contributed by atoms with E-state index in [1.165, 1.54) is 6.08 Å². The van der Waals surface area contributed by atoms with E-state index in [0.29, 0.717) is 0 Å². The van der Waals surface area contributed by atoms with Crippen molar-refractivity contribution in [2.75, 3.05) is 0 Å². The lowest BCUT2D eigenvalue weighted by Crippen LogP contribution is -1.80. The Hall–Kier alpha value is -0.800. The Morgan fingerprint density at radius 2 is 1.83 bits per heavy atom. The summed E-state index contributed by atoms with van der Waals surface area (Å²) in [6.07, 6.45) is 1.32. The van der Waals surface area contributed by atoms with Gasteiger partial charge in [-0.2, -0.15) is 0 Å². The highest BCUT2D eigenvalue weighted by atomic mass is 35.7. The molecule has 2 nitrogen and oxygen atoms in total. The third-order valence-electron chi connectivity index (χ3n) is 1.17. The van der Waals surface area contributed by atoms with Crippen LogP contribution >= 0.6 is 10.7 Å². The molecule has 0 atom stereocenters. The van der Waals surface area contributed by atoms with Gasteiger partial charge in [0.1, 0.15) is 5.41 Å². The normalized spacial score (nSPS) is 12.1. The maximum absolute atomic E-state index is 10.4. The zero-order valence-electron chi connectivity index (χ0n) is 6.07. The van der Waals surface area contributed by atoms with Crippen LogP contribution in [0.15, 0.2) is 30.3 Å². The molecular formula is C8H6ClO2S. The molecule has 0 aromatic heterocycles. The third kappa shape index (κ3) is 3.55. The molecular weight excluding hydrogens is 196 g/mol. The molecule has 0 unspecified atom stereocenters. The second-order valence-corrected chi connectivity index (χ2v) is 4.44. The van der Waals surface area contributed by atoms with Gasteiger partial charge in [0.2, 0.25) is 0 Å². The van der Waals surface area contributed by atoms with Crippen LogP contribution in [0.1, 0.15) is 5.56 Å². The number of rotatable bonds is 2. The summed E-state index contributed by atoms with van der Waals surface area (Å²) < 4.78 is 20.9. The van der Waals surface area contributed by atoms with Crippen molar-refractivity contribution in [3.63, 3.8) is 0 Å². The lowest BCUT2D eigenvalue weighted by molar-refractivity contribution is 0.616. The Balaban J connectivity index is 2.85. The highest BCUT2D eigenvalue weighted by Gasteiger charge is 1.96. The van der Waals surface area contributed by atoms with Crippen LogP contribution in [-0.2, 0) is 9.05 Å². The molecule has 4 heteroatoms. The lowest BCUT2D eigenvalue weighted by Gasteiger charge is -1.88. The standard InChI is InChI=1S/C8H6ClO2S/c9-12(10,11)7-6-8-4-2-1-3-5-8/h1-6H. The van der Waals surface area contributed by atoms with Crippen molar-refractivity contribution in [3.8, 4) is 0 Å². The smallest absolute Gasteiger partial charge is 0.207 e. The lowest BCUT2D eigenvalue weighted by atomic mass is 10.2. The highest BCUT2D eigenvalue weighted by Crippen LogP contribution is 2.04. The fraction of sp³-hybridized carbons (Fsp3) is 0. The fourth-order valence-corrected chi connectivity index (χ4v) is 1.10. The van der Waals surface area contributed by atoms with Gasteiger partial charge in [-0.3, -0.25) is 0 Å². The largest absolute Gasteiger partial charge is 0.262 e. The molecule has 1 radical (unpaired) electrons. The Morgan fingerprint density at radius 3 is 2.33 bits per heavy atom. The second-order valence-electron chi connectivity index (χ2n) is 2.11. The van der Waals surface area contributed by atoms with E-state index in [1.54, 1.807) is 24.3 Å². The number of benzene rings is 1. The van der Waals surface area contributed by atoms with Crippen LogP contribution in [0.5, 0.6) is 0 Å². The predicted molar refractivity (Wildman–Crippen MR) is 48.9 cm³/mol. The number of hydrogen-bond donors (Lipinski definition) is 0. The first-order chi connectivity index (χ1) is 5.58. The molecule has 0 heterocycles. The summed E-state index contributed by atoms with van der Waals surface area (Å²) in [7, 11) is 1.26. The summed E-state index contributed by atoms with van der Waals surface area (Å²) in [5, 5.41) is 2.05. The summed E-state index contributed by atoms with van der Waals surface area (Å²) in [5.74, 6) is 0. The van der Waals surface area contributed by atoms with E-state index in [1.807, 2.05) is 6.07 Å². The highest BCUT2D eigenvalue weighted by molar-refractivity contribution is 8.15. The first-order valence-electron chi connectivity index (χ1n) is 3.18. The van der Waals surface area contributed by atoms with Crippen LogP contribution in [0, 0.1) is 5.41 Å². The molecule has 1 aromatic rings. The van der Waals surface area contributed by atoms with Crippen LogP contribution < -0.4 is 0 Å². The van der Waals surface area contributed by atoms with Gasteiger partial charge in [0.25, 0.3) is 9.05 Å². The van der Waals surface area contributed by atoms with Gasteiger partial charge >= 0.3 is 0 Å². The second kappa shape index (κ2) is 3.74. The maximum atomic E-state index is 10.4. The molecule has 0 aliphatic heterocycles. The minimum Gasteiger partial charge on any atom is -0.207 e. The van der Waals surface area contributed by atoms with Gasteiger partial charge in [0.05, 0.1) is 0 Å². The van der Waals surface area contributed by atoms with E-state index in [0.717, 1.165) is 5.56 Å². The van der Waals surface area contributed by atoms with Crippen LogP contribution in [0.3, 0.4) is 0 Å². The van der Waals surface area contributed by atoms with Crippen molar-refractivity contribution in [2.45, 2.75) is 0 Å². The first kappa shape index (κ1) is 9.29. The molecule has 0 aliphatic carbocycles.